The molecule has 0 saturated heterocycles. The van der Waals surface area contributed by atoms with Gasteiger partial charge in [0.15, 0.2) is 0 Å². The Balaban J connectivity index is 1.84. The van der Waals surface area contributed by atoms with E-state index in [0.29, 0.717) is 17.6 Å². The summed E-state index contributed by atoms with van der Waals surface area (Å²) < 4.78 is 29.0. The zero-order chi connectivity index (χ0) is 15.2. The highest BCUT2D eigenvalue weighted by Crippen LogP contribution is 2.24. The van der Waals surface area contributed by atoms with E-state index in [1.165, 1.54) is 12.1 Å². The number of benzene rings is 2. The molecule has 2 rings (SSSR count). The quantitative estimate of drug-likeness (QED) is 0.819. The number of aromatic hydroxyl groups is 1. The van der Waals surface area contributed by atoms with Crippen molar-refractivity contribution in [2.45, 2.75) is 19.7 Å². The number of alkyl halides is 2. The molecule has 0 fully saturated rings. The number of nitrogens with one attached hydrogen (secondary N) is 1. The Hall–Kier alpha value is -1.66. The smallest absolute Gasteiger partial charge is 0.387 e. The fourth-order valence-electron chi connectivity index (χ4n) is 1.80. The highest BCUT2D eigenvalue weighted by molar-refractivity contribution is 9.10. The van der Waals surface area contributed by atoms with E-state index >= 15 is 0 Å². The van der Waals surface area contributed by atoms with Crippen molar-refractivity contribution in [2.75, 3.05) is 0 Å². The summed E-state index contributed by atoms with van der Waals surface area (Å²) in [6.45, 7) is -1.57. The number of rotatable bonds is 6. The summed E-state index contributed by atoms with van der Waals surface area (Å²) in [5.41, 5.74) is 1.99. The second kappa shape index (κ2) is 7.38. The Morgan fingerprint density at radius 1 is 1.05 bits per heavy atom. The van der Waals surface area contributed by atoms with Crippen LogP contribution in [0.25, 0.3) is 0 Å². The predicted molar refractivity (Wildman–Crippen MR) is 79.4 cm³/mol. The largest absolute Gasteiger partial charge is 0.507 e. The minimum absolute atomic E-state index is 0.149. The highest BCUT2D eigenvalue weighted by atomic mass is 79.9. The molecule has 0 saturated carbocycles. The van der Waals surface area contributed by atoms with Crippen LogP contribution in [0.2, 0.25) is 0 Å². The van der Waals surface area contributed by atoms with Crippen LogP contribution in [-0.4, -0.2) is 11.7 Å². The maximum absolute atomic E-state index is 12.0. The van der Waals surface area contributed by atoms with Crippen LogP contribution in [0.4, 0.5) is 8.78 Å². The van der Waals surface area contributed by atoms with Crippen LogP contribution in [0.3, 0.4) is 0 Å². The second-order valence-electron chi connectivity index (χ2n) is 4.41. The summed E-state index contributed by atoms with van der Waals surface area (Å²) in [6, 6.07) is 11.8. The van der Waals surface area contributed by atoms with Crippen LogP contribution in [0.1, 0.15) is 11.1 Å². The Bertz CT molecular complexity index is 591. The lowest BCUT2D eigenvalue weighted by Crippen LogP contribution is -2.12. The third kappa shape index (κ3) is 4.99. The van der Waals surface area contributed by atoms with Crippen LogP contribution in [0, 0.1) is 0 Å². The zero-order valence-corrected chi connectivity index (χ0v) is 12.6. The van der Waals surface area contributed by atoms with Gasteiger partial charge in [-0.25, -0.2) is 0 Å². The van der Waals surface area contributed by atoms with E-state index in [-0.39, 0.29) is 11.5 Å². The topological polar surface area (TPSA) is 41.5 Å². The lowest BCUT2D eigenvalue weighted by molar-refractivity contribution is -0.0498. The summed E-state index contributed by atoms with van der Waals surface area (Å²) in [5.74, 6) is 0.351. The zero-order valence-electron chi connectivity index (χ0n) is 11.0. The maximum atomic E-state index is 12.0. The van der Waals surface area contributed by atoms with Gasteiger partial charge in [0.1, 0.15) is 11.5 Å². The number of phenolic OH excluding ortho intramolecular Hbond substituents is 1. The monoisotopic (exact) mass is 357 g/mol. The molecule has 0 amide bonds. The highest BCUT2D eigenvalue weighted by Gasteiger charge is 2.04. The Morgan fingerprint density at radius 3 is 2.29 bits per heavy atom. The molecule has 2 aromatic carbocycles. The van der Waals surface area contributed by atoms with Gasteiger partial charge in [0.2, 0.25) is 0 Å². The molecule has 0 aliphatic rings. The van der Waals surface area contributed by atoms with Crippen LogP contribution in [0.15, 0.2) is 46.9 Å². The van der Waals surface area contributed by atoms with Gasteiger partial charge < -0.3 is 15.2 Å². The summed E-state index contributed by atoms with van der Waals surface area (Å²) in [4.78, 5) is 0. The molecule has 2 N–H and O–H groups in total. The van der Waals surface area contributed by atoms with Gasteiger partial charge in [-0.1, -0.05) is 18.2 Å². The van der Waals surface area contributed by atoms with Crippen molar-refractivity contribution in [2.24, 2.45) is 0 Å². The minimum Gasteiger partial charge on any atom is -0.507 e. The Morgan fingerprint density at radius 2 is 1.67 bits per heavy atom. The molecule has 2 aromatic rings. The Labute approximate surface area is 129 Å². The van der Waals surface area contributed by atoms with Crippen molar-refractivity contribution in [3.8, 4) is 11.5 Å². The van der Waals surface area contributed by atoms with Crippen molar-refractivity contribution in [1.29, 1.82) is 0 Å². The van der Waals surface area contributed by atoms with Gasteiger partial charge in [-0.15, -0.1) is 0 Å². The molecule has 0 atom stereocenters. The van der Waals surface area contributed by atoms with Gasteiger partial charge in [0.05, 0.1) is 4.47 Å². The average Bonchev–Trinajstić information content (AvgIpc) is 2.44. The Kier molecular flexibility index (Phi) is 5.52. The fourth-order valence-corrected chi connectivity index (χ4v) is 2.23. The molecule has 0 spiro atoms. The molecule has 0 radical (unpaired) electrons. The molecule has 21 heavy (non-hydrogen) atoms. The second-order valence-corrected chi connectivity index (χ2v) is 5.27. The van der Waals surface area contributed by atoms with Crippen molar-refractivity contribution in [3.05, 3.63) is 58.1 Å². The van der Waals surface area contributed by atoms with Crippen LogP contribution in [-0.2, 0) is 13.1 Å². The molecular formula is C15H14BrF2NO2. The van der Waals surface area contributed by atoms with Crippen LogP contribution >= 0.6 is 15.9 Å². The first-order valence-corrected chi connectivity index (χ1v) is 7.06. The summed E-state index contributed by atoms with van der Waals surface area (Å²) >= 11 is 3.26. The van der Waals surface area contributed by atoms with Gasteiger partial charge in [0.25, 0.3) is 0 Å². The van der Waals surface area contributed by atoms with Crippen molar-refractivity contribution in [3.63, 3.8) is 0 Å². The average molecular weight is 358 g/mol. The fraction of sp³-hybridized carbons (Fsp3) is 0.200. The van der Waals surface area contributed by atoms with Crippen molar-refractivity contribution >= 4 is 15.9 Å². The van der Waals surface area contributed by atoms with Crippen molar-refractivity contribution < 1.29 is 18.6 Å². The van der Waals surface area contributed by atoms with Gasteiger partial charge in [-0.3, -0.25) is 0 Å². The standard InChI is InChI=1S/C15H14BrF2NO2/c16-13-7-11(3-6-14(13)20)9-19-8-10-1-4-12(5-2-10)21-15(17)18/h1-7,15,19-20H,8-9H2. The number of ether oxygens (including phenoxy) is 1. The molecule has 0 aliphatic heterocycles. The third-order valence-electron chi connectivity index (χ3n) is 2.82. The predicted octanol–water partition coefficient (Wildman–Crippen LogP) is 4.05. The molecule has 112 valence electrons. The number of phenols is 1. The molecule has 6 heteroatoms. The van der Waals surface area contributed by atoms with E-state index in [1.54, 1.807) is 18.2 Å². The lowest BCUT2D eigenvalue weighted by atomic mass is 10.2. The normalized spacial score (nSPS) is 10.9. The van der Waals surface area contributed by atoms with E-state index in [9.17, 15) is 13.9 Å². The maximum Gasteiger partial charge on any atom is 0.387 e. The van der Waals surface area contributed by atoms with Crippen molar-refractivity contribution in [1.82, 2.24) is 5.32 Å². The summed E-state index contributed by atoms with van der Waals surface area (Å²) in [6.07, 6.45) is 0. The van der Waals surface area contributed by atoms with Crippen LogP contribution in [0.5, 0.6) is 11.5 Å². The minimum atomic E-state index is -2.80. The van der Waals surface area contributed by atoms with Gasteiger partial charge >= 0.3 is 6.61 Å². The third-order valence-corrected chi connectivity index (χ3v) is 3.45. The summed E-state index contributed by atoms with van der Waals surface area (Å²) in [5, 5.41) is 12.6. The van der Waals surface area contributed by atoms with E-state index < -0.39 is 6.61 Å². The van der Waals surface area contributed by atoms with Crippen LogP contribution < -0.4 is 10.1 Å². The van der Waals surface area contributed by atoms with E-state index in [2.05, 4.69) is 26.0 Å². The summed E-state index contributed by atoms with van der Waals surface area (Å²) in [7, 11) is 0. The van der Waals surface area contributed by atoms with E-state index in [1.807, 2.05) is 12.1 Å². The van der Waals surface area contributed by atoms with E-state index in [0.717, 1.165) is 11.1 Å². The first kappa shape index (κ1) is 15.7. The molecule has 0 aromatic heterocycles. The number of hydrogen-bond donors (Lipinski definition) is 2. The lowest BCUT2D eigenvalue weighted by Gasteiger charge is -2.08. The SMILES string of the molecule is Oc1ccc(CNCc2ccc(OC(F)F)cc2)cc1Br. The molecule has 0 aliphatic carbocycles. The molecular weight excluding hydrogens is 344 g/mol. The molecule has 0 unspecified atom stereocenters. The van der Waals surface area contributed by atoms with Gasteiger partial charge in [-0.05, 0) is 51.3 Å². The first-order chi connectivity index (χ1) is 10.0. The van der Waals surface area contributed by atoms with Gasteiger partial charge in [0, 0.05) is 13.1 Å². The molecule has 3 nitrogen and oxygen atoms in total. The van der Waals surface area contributed by atoms with Gasteiger partial charge in [-0.2, -0.15) is 8.78 Å². The number of halogens is 3. The molecule has 0 bridgehead atoms. The first-order valence-electron chi connectivity index (χ1n) is 6.26. The number of hydrogen-bond acceptors (Lipinski definition) is 3. The molecule has 0 heterocycles. The van der Waals surface area contributed by atoms with E-state index in [4.69, 9.17) is 0 Å².